The molecule has 29 heavy (non-hydrogen) atoms. The molecule has 0 radical (unpaired) electrons. The topological polar surface area (TPSA) is 52.7 Å². The SMILES string of the molecule is CC(=O)N(CCC(=O)Nc1ccc(N2CCCC2)cc1)c1c(C)cc(C)cc1C. The van der Waals surface area contributed by atoms with Crippen molar-refractivity contribution in [3.05, 3.63) is 53.1 Å². The highest BCUT2D eigenvalue weighted by Gasteiger charge is 2.18. The standard InChI is InChI=1S/C24H31N3O2/c1-17-15-18(2)24(19(3)16-17)27(20(4)28)14-11-23(29)25-21-7-9-22(10-8-21)26-12-5-6-13-26/h7-10,15-16H,5-6,11-14H2,1-4H3,(H,25,29). The Bertz CT molecular complexity index is 860. The van der Waals surface area contributed by atoms with E-state index in [4.69, 9.17) is 0 Å². The molecule has 0 atom stereocenters. The Balaban J connectivity index is 1.62. The molecule has 2 aromatic rings. The van der Waals surface area contributed by atoms with Crippen molar-refractivity contribution in [3.63, 3.8) is 0 Å². The summed E-state index contributed by atoms with van der Waals surface area (Å²) in [7, 11) is 0. The van der Waals surface area contributed by atoms with E-state index in [9.17, 15) is 9.59 Å². The van der Waals surface area contributed by atoms with Crippen LogP contribution in [0.25, 0.3) is 0 Å². The van der Waals surface area contributed by atoms with Crippen molar-refractivity contribution in [2.24, 2.45) is 0 Å². The Morgan fingerprint density at radius 3 is 2.14 bits per heavy atom. The fourth-order valence-corrected chi connectivity index (χ4v) is 4.19. The van der Waals surface area contributed by atoms with Gasteiger partial charge in [-0.3, -0.25) is 9.59 Å². The lowest BCUT2D eigenvalue weighted by Crippen LogP contribution is -2.33. The van der Waals surface area contributed by atoms with Crippen LogP contribution in [0, 0.1) is 20.8 Å². The van der Waals surface area contributed by atoms with Crippen LogP contribution in [-0.4, -0.2) is 31.4 Å². The molecule has 1 N–H and O–H groups in total. The van der Waals surface area contributed by atoms with Gasteiger partial charge in [-0.2, -0.15) is 0 Å². The van der Waals surface area contributed by atoms with Gasteiger partial charge in [0, 0.05) is 50.0 Å². The molecule has 5 nitrogen and oxygen atoms in total. The third-order valence-corrected chi connectivity index (χ3v) is 5.47. The number of amides is 2. The van der Waals surface area contributed by atoms with Crippen molar-refractivity contribution in [2.45, 2.75) is 47.0 Å². The lowest BCUT2D eigenvalue weighted by molar-refractivity contribution is -0.117. The summed E-state index contributed by atoms with van der Waals surface area (Å²) >= 11 is 0. The van der Waals surface area contributed by atoms with Crippen LogP contribution in [0.5, 0.6) is 0 Å². The minimum absolute atomic E-state index is 0.0529. The van der Waals surface area contributed by atoms with E-state index in [1.54, 1.807) is 11.8 Å². The quantitative estimate of drug-likeness (QED) is 0.781. The summed E-state index contributed by atoms with van der Waals surface area (Å²) in [6, 6.07) is 12.1. The van der Waals surface area contributed by atoms with E-state index in [1.165, 1.54) is 24.1 Å². The van der Waals surface area contributed by atoms with Crippen molar-refractivity contribution in [1.29, 1.82) is 0 Å². The highest BCUT2D eigenvalue weighted by molar-refractivity contribution is 5.96. The number of hydrogen-bond acceptors (Lipinski definition) is 3. The third-order valence-electron chi connectivity index (χ3n) is 5.47. The molecule has 2 amide bonds. The van der Waals surface area contributed by atoms with Gasteiger partial charge >= 0.3 is 0 Å². The van der Waals surface area contributed by atoms with Crippen molar-refractivity contribution in [1.82, 2.24) is 0 Å². The molecule has 1 aliphatic rings. The monoisotopic (exact) mass is 393 g/mol. The second-order valence-electron chi connectivity index (χ2n) is 7.96. The average molecular weight is 394 g/mol. The number of aryl methyl sites for hydroxylation is 3. The lowest BCUT2D eigenvalue weighted by atomic mass is 10.0. The van der Waals surface area contributed by atoms with Gasteiger partial charge in [0.15, 0.2) is 0 Å². The van der Waals surface area contributed by atoms with Crippen molar-refractivity contribution < 1.29 is 9.59 Å². The van der Waals surface area contributed by atoms with Gasteiger partial charge in [0.1, 0.15) is 0 Å². The Morgan fingerprint density at radius 2 is 1.59 bits per heavy atom. The van der Waals surface area contributed by atoms with Crippen LogP contribution in [0.1, 0.15) is 42.9 Å². The molecule has 1 fully saturated rings. The zero-order chi connectivity index (χ0) is 21.0. The van der Waals surface area contributed by atoms with Gasteiger partial charge in [-0.1, -0.05) is 17.7 Å². The van der Waals surface area contributed by atoms with Crippen LogP contribution in [0.15, 0.2) is 36.4 Å². The second kappa shape index (κ2) is 9.12. The number of carbonyl (C=O) groups excluding carboxylic acids is 2. The van der Waals surface area contributed by atoms with Gasteiger partial charge < -0.3 is 15.1 Å². The van der Waals surface area contributed by atoms with E-state index in [0.717, 1.165) is 35.6 Å². The minimum Gasteiger partial charge on any atom is -0.372 e. The zero-order valence-corrected chi connectivity index (χ0v) is 17.9. The van der Waals surface area contributed by atoms with Crippen LogP contribution in [0.3, 0.4) is 0 Å². The molecule has 1 heterocycles. The van der Waals surface area contributed by atoms with Gasteiger partial charge in [0.25, 0.3) is 0 Å². The fraction of sp³-hybridized carbons (Fsp3) is 0.417. The van der Waals surface area contributed by atoms with Gasteiger partial charge in [-0.15, -0.1) is 0 Å². The Hall–Kier alpha value is -2.82. The molecule has 0 spiro atoms. The number of hydrogen-bond donors (Lipinski definition) is 1. The molecule has 154 valence electrons. The summed E-state index contributed by atoms with van der Waals surface area (Å²) < 4.78 is 0. The Kier molecular flexibility index (Phi) is 6.57. The predicted octanol–water partition coefficient (Wildman–Crippen LogP) is 4.59. The van der Waals surface area contributed by atoms with Crippen LogP contribution in [-0.2, 0) is 9.59 Å². The maximum atomic E-state index is 12.5. The van der Waals surface area contributed by atoms with Gasteiger partial charge in [-0.25, -0.2) is 0 Å². The van der Waals surface area contributed by atoms with Crippen LogP contribution in [0.4, 0.5) is 17.1 Å². The largest absolute Gasteiger partial charge is 0.372 e. The first-order chi connectivity index (χ1) is 13.8. The molecule has 0 aliphatic carbocycles. The van der Waals surface area contributed by atoms with Crippen LogP contribution < -0.4 is 15.1 Å². The van der Waals surface area contributed by atoms with Crippen molar-refractivity contribution in [3.8, 4) is 0 Å². The molecule has 2 aromatic carbocycles. The highest BCUT2D eigenvalue weighted by atomic mass is 16.2. The molecule has 0 bridgehead atoms. The third kappa shape index (κ3) is 5.17. The lowest BCUT2D eigenvalue weighted by Gasteiger charge is -2.25. The number of nitrogens with zero attached hydrogens (tertiary/aromatic N) is 2. The summed E-state index contributed by atoms with van der Waals surface area (Å²) in [5, 5.41) is 2.95. The average Bonchev–Trinajstić information content (AvgIpc) is 3.18. The molecule has 0 unspecified atom stereocenters. The van der Waals surface area contributed by atoms with Gasteiger partial charge in [0.2, 0.25) is 11.8 Å². The molecule has 5 heteroatoms. The van der Waals surface area contributed by atoms with E-state index >= 15 is 0 Å². The van der Waals surface area contributed by atoms with E-state index < -0.39 is 0 Å². The van der Waals surface area contributed by atoms with E-state index in [0.29, 0.717) is 6.54 Å². The molecule has 1 aliphatic heterocycles. The molecule has 0 aromatic heterocycles. The Morgan fingerprint density at radius 1 is 1.00 bits per heavy atom. The number of anilines is 3. The molecular formula is C24H31N3O2. The smallest absolute Gasteiger partial charge is 0.226 e. The van der Waals surface area contributed by atoms with E-state index in [-0.39, 0.29) is 18.2 Å². The summed E-state index contributed by atoms with van der Waals surface area (Å²) in [5.41, 5.74) is 6.17. The number of nitrogens with one attached hydrogen (secondary N) is 1. The minimum atomic E-state index is -0.0902. The molecule has 0 saturated carbocycles. The first-order valence-electron chi connectivity index (χ1n) is 10.4. The number of rotatable bonds is 6. The first-order valence-corrected chi connectivity index (χ1v) is 10.4. The van der Waals surface area contributed by atoms with Crippen molar-refractivity contribution in [2.75, 3.05) is 34.8 Å². The normalized spacial score (nSPS) is 13.4. The molecule has 1 saturated heterocycles. The number of carbonyl (C=O) groups is 2. The molecular weight excluding hydrogens is 362 g/mol. The first kappa shape index (κ1) is 20.9. The maximum absolute atomic E-state index is 12.5. The number of benzene rings is 2. The van der Waals surface area contributed by atoms with Crippen LogP contribution in [0.2, 0.25) is 0 Å². The maximum Gasteiger partial charge on any atom is 0.226 e. The highest BCUT2D eigenvalue weighted by Crippen LogP contribution is 2.27. The fourth-order valence-electron chi connectivity index (χ4n) is 4.19. The van der Waals surface area contributed by atoms with Gasteiger partial charge in [-0.05, 0) is 69.0 Å². The summed E-state index contributed by atoms with van der Waals surface area (Å²) in [6.07, 6.45) is 2.73. The summed E-state index contributed by atoms with van der Waals surface area (Å²) in [4.78, 5) is 28.8. The van der Waals surface area contributed by atoms with Crippen molar-refractivity contribution >= 4 is 28.9 Å². The van der Waals surface area contributed by atoms with E-state index in [1.807, 2.05) is 32.9 Å². The van der Waals surface area contributed by atoms with Crippen LogP contribution >= 0.6 is 0 Å². The zero-order valence-electron chi connectivity index (χ0n) is 17.9. The second-order valence-corrected chi connectivity index (χ2v) is 7.96. The molecule has 3 rings (SSSR count). The van der Waals surface area contributed by atoms with E-state index in [2.05, 4.69) is 34.5 Å². The van der Waals surface area contributed by atoms with Gasteiger partial charge in [0.05, 0.1) is 0 Å². The Labute approximate surface area is 173 Å². The summed E-state index contributed by atoms with van der Waals surface area (Å²) in [6.45, 7) is 10.2. The summed E-state index contributed by atoms with van der Waals surface area (Å²) in [5.74, 6) is -0.143. The predicted molar refractivity (Wildman–Crippen MR) is 120 cm³/mol.